The smallest absolute Gasteiger partial charge is 0.0235 e. The average Bonchev–Trinajstić information content (AvgIpc) is 2.40. The molecule has 2 heterocycles. The Morgan fingerprint density at radius 2 is 2.12 bits per heavy atom. The topological polar surface area (TPSA) is 15.3 Å². The predicted octanol–water partition coefficient (Wildman–Crippen LogP) is 2.13. The van der Waals surface area contributed by atoms with Gasteiger partial charge in [0.25, 0.3) is 0 Å². The van der Waals surface area contributed by atoms with Crippen molar-refractivity contribution in [1.82, 2.24) is 10.2 Å². The molecule has 17 heavy (non-hydrogen) atoms. The van der Waals surface area contributed by atoms with E-state index in [2.05, 4.69) is 28.4 Å². The fraction of sp³-hybridized carbons (Fsp3) is 0.571. The number of hydrogen-bond donors (Lipinski definition) is 1. The van der Waals surface area contributed by atoms with E-state index in [-0.39, 0.29) is 0 Å². The van der Waals surface area contributed by atoms with Crippen LogP contribution in [0.25, 0.3) is 0 Å². The summed E-state index contributed by atoms with van der Waals surface area (Å²) in [5.74, 6) is 1.30. The second kappa shape index (κ2) is 5.42. The van der Waals surface area contributed by atoms with E-state index in [0.29, 0.717) is 0 Å². The van der Waals surface area contributed by atoms with Crippen LogP contribution in [0.3, 0.4) is 0 Å². The lowest BCUT2D eigenvalue weighted by atomic mass is 10.1. The van der Waals surface area contributed by atoms with Crippen molar-refractivity contribution in [3.63, 3.8) is 0 Å². The second-order valence-corrected chi connectivity index (χ2v) is 6.06. The fourth-order valence-electron chi connectivity index (χ4n) is 2.61. The van der Waals surface area contributed by atoms with Crippen molar-refractivity contribution in [3.8, 4) is 0 Å². The summed E-state index contributed by atoms with van der Waals surface area (Å²) in [4.78, 5) is 4.08. The van der Waals surface area contributed by atoms with E-state index >= 15 is 0 Å². The number of fused-ring (bicyclic) bond motifs is 1. The normalized spacial score (nSPS) is 21.2. The number of nitrogens with zero attached hydrogens (tertiary/aromatic N) is 1. The quantitative estimate of drug-likeness (QED) is 0.863. The van der Waals surface area contributed by atoms with E-state index in [1.165, 1.54) is 42.1 Å². The van der Waals surface area contributed by atoms with E-state index in [1.807, 2.05) is 11.8 Å². The third-order valence-corrected chi connectivity index (χ3v) is 4.78. The molecule has 3 rings (SSSR count). The highest BCUT2D eigenvalue weighted by molar-refractivity contribution is 7.99. The lowest BCUT2D eigenvalue weighted by molar-refractivity contribution is 0.233. The number of thioether (sulfide) groups is 1. The standard InChI is InChI=1S/C14H20N2S/c1-2-13-4-3-12(10-14(13)17-9-1)11-16-7-5-15-6-8-16/h3-4,10,15H,1-2,5-9,11H2. The van der Waals surface area contributed by atoms with Gasteiger partial charge in [0.1, 0.15) is 0 Å². The van der Waals surface area contributed by atoms with Crippen molar-refractivity contribution >= 4 is 11.8 Å². The zero-order valence-electron chi connectivity index (χ0n) is 10.2. The molecule has 92 valence electrons. The minimum atomic E-state index is 1.12. The molecular weight excluding hydrogens is 228 g/mol. The maximum Gasteiger partial charge on any atom is 0.0235 e. The minimum Gasteiger partial charge on any atom is -0.314 e. The Morgan fingerprint density at radius 3 is 3.00 bits per heavy atom. The van der Waals surface area contributed by atoms with Gasteiger partial charge in [0.15, 0.2) is 0 Å². The van der Waals surface area contributed by atoms with Gasteiger partial charge in [-0.25, -0.2) is 0 Å². The number of rotatable bonds is 2. The van der Waals surface area contributed by atoms with E-state index in [0.717, 1.165) is 19.6 Å². The highest BCUT2D eigenvalue weighted by atomic mass is 32.2. The zero-order chi connectivity index (χ0) is 11.5. The van der Waals surface area contributed by atoms with E-state index in [4.69, 9.17) is 0 Å². The molecule has 2 aliphatic rings. The first-order chi connectivity index (χ1) is 8.42. The van der Waals surface area contributed by atoms with Crippen LogP contribution in [0, 0.1) is 0 Å². The summed E-state index contributed by atoms with van der Waals surface area (Å²) in [5.41, 5.74) is 3.05. The van der Waals surface area contributed by atoms with Crippen LogP contribution in [0.5, 0.6) is 0 Å². The van der Waals surface area contributed by atoms with Crippen LogP contribution in [-0.4, -0.2) is 36.8 Å². The molecule has 0 radical (unpaired) electrons. The van der Waals surface area contributed by atoms with Gasteiger partial charge in [-0.15, -0.1) is 11.8 Å². The molecule has 0 atom stereocenters. The first-order valence-corrected chi connectivity index (χ1v) is 7.58. The molecule has 2 aliphatic heterocycles. The van der Waals surface area contributed by atoms with E-state index < -0.39 is 0 Å². The molecule has 0 aliphatic carbocycles. The molecule has 0 amide bonds. The molecule has 2 nitrogen and oxygen atoms in total. The third-order valence-electron chi connectivity index (χ3n) is 3.60. The molecule has 0 bridgehead atoms. The summed E-state index contributed by atoms with van der Waals surface area (Å²) in [7, 11) is 0. The van der Waals surface area contributed by atoms with Crippen LogP contribution >= 0.6 is 11.8 Å². The van der Waals surface area contributed by atoms with Crippen molar-refractivity contribution in [2.75, 3.05) is 31.9 Å². The number of hydrogen-bond acceptors (Lipinski definition) is 3. The molecule has 1 saturated heterocycles. The molecule has 1 aromatic rings. The molecule has 0 saturated carbocycles. The zero-order valence-corrected chi connectivity index (χ0v) is 11.1. The van der Waals surface area contributed by atoms with Gasteiger partial charge in [0.05, 0.1) is 0 Å². The van der Waals surface area contributed by atoms with Gasteiger partial charge in [-0.1, -0.05) is 12.1 Å². The number of benzene rings is 1. The average molecular weight is 248 g/mol. The van der Waals surface area contributed by atoms with Crippen LogP contribution in [0.4, 0.5) is 0 Å². The molecule has 0 spiro atoms. The van der Waals surface area contributed by atoms with E-state index in [9.17, 15) is 0 Å². The Labute approximate surface area is 108 Å². The summed E-state index contributed by atoms with van der Waals surface area (Å²) in [6, 6.07) is 7.09. The van der Waals surface area contributed by atoms with Gasteiger partial charge >= 0.3 is 0 Å². The maximum absolute atomic E-state index is 3.40. The summed E-state index contributed by atoms with van der Waals surface area (Å²) in [6.07, 6.45) is 2.62. The molecule has 1 fully saturated rings. The maximum atomic E-state index is 3.40. The molecule has 1 N–H and O–H groups in total. The Hall–Kier alpha value is -0.510. The van der Waals surface area contributed by atoms with Crippen molar-refractivity contribution in [2.24, 2.45) is 0 Å². The van der Waals surface area contributed by atoms with Gasteiger partial charge in [-0.3, -0.25) is 4.90 Å². The number of aryl methyl sites for hydroxylation is 1. The largest absolute Gasteiger partial charge is 0.314 e. The first-order valence-electron chi connectivity index (χ1n) is 6.59. The fourth-order valence-corrected chi connectivity index (χ4v) is 3.71. The lowest BCUT2D eigenvalue weighted by Crippen LogP contribution is -2.42. The number of nitrogens with one attached hydrogen (secondary N) is 1. The molecule has 0 aromatic heterocycles. The summed E-state index contributed by atoms with van der Waals surface area (Å²) in [5, 5.41) is 3.40. The van der Waals surface area contributed by atoms with Gasteiger partial charge in [0.2, 0.25) is 0 Å². The second-order valence-electron chi connectivity index (χ2n) is 4.92. The van der Waals surface area contributed by atoms with Crippen molar-refractivity contribution in [3.05, 3.63) is 29.3 Å². The molecule has 3 heteroatoms. The van der Waals surface area contributed by atoms with Gasteiger partial charge in [-0.2, -0.15) is 0 Å². The van der Waals surface area contributed by atoms with Crippen LogP contribution in [-0.2, 0) is 13.0 Å². The Morgan fingerprint density at radius 1 is 1.24 bits per heavy atom. The summed E-state index contributed by atoms with van der Waals surface area (Å²) >= 11 is 2.03. The van der Waals surface area contributed by atoms with Crippen molar-refractivity contribution < 1.29 is 0 Å². The van der Waals surface area contributed by atoms with Crippen LogP contribution in [0.1, 0.15) is 17.5 Å². The monoisotopic (exact) mass is 248 g/mol. The molecule has 1 aromatic carbocycles. The number of piperazine rings is 1. The Kier molecular flexibility index (Phi) is 3.69. The first kappa shape index (κ1) is 11.6. The van der Waals surface area contributed by atoms with Gasteiger partial charge < -0.3 is 5.32 Å². The van der Waals surface area contributed by atoms with Crippen LogP contribution in [0.15, 0.2) is 23.1 Å². The van der Waals surface area contributed by atoms with Crippen LogP contribution in [0.2, 0.25) is 0 Å². The van der Waals surface area contributed by atoms with Gasteiger partial charge in [-0.05, 0) is 35.8 Å². The highest BCUT2D eigenvalue weighted by Crippen LogP contribution is 2.30. The molecular formula is C14H20N2S. The van der Waals surface area contributed by atoms with Crippen molar-refractivity contribution in [2.45, 2.75) is 24.3 Å². The van der Waals surface area contributed by atoms with Gasteiger partial charge in [0, 0.05) is 37.6 Å². The highest BCUT2D eigenvalue weighted by Gasteiger charge is 2.13. The van der Waals surface area contributed by atoms with E-state index in [1.54, 1.807) is 5.56 Å². The third kappa shape index (κ3) is 2.84. The Bertz CT molecular complexity index is 386. The summed E-state index contributed by atoms with van der Waals surface area (Å²) < 4.78 is 0. The van der Waals surface area contributed by atoms with Crippen LogP contribution < -0.4 is 5.32 Å². The summed E-state index contributed by atoms with van der Waals surface area (Å²) in [6.45, 7) is 5.77. The lowest BCUT2D eigenvalue weighted by Gasteiger charge is -2.27. The predicted molar refractivity (Wildman–Crippen MR) is 73.6 cm³/mol. The Balaban J connectivity index is 1.70. The van der Waals surface area contributed by atoms with Crippen molar-refractivity contribution in [1.29, 1.82) is 0 Å². The SMILES string of the molecule is c1cc2c(cc1CN1CCNCC1)SCCC2. The molecule has 0 unspecified atom stereocenters. The minimum absolute atomic E-state index is 1.12.